The van der Waals surface area contributed by atoms with Crippen molar-refractivity contribution >= 4 is 46.5 Å². The molecule has 0 radical (unpaired) electrons. The topological polar surface area (TPSA) is 151 Å². The highest BCUT2D eigenvalue weighted by molar-refractivity contribution is 6.33. The van der Waals surface area contributed by atoms with Crippen LogP contribution in [0.15, 0.2) is 47.5 Å². The number of nitrogens with zero attached hydrogens (tertiary/aromatic N) is 8. The Balaban J connectivity index is 1.29. The summed E-state index contributed by atoms with van der Waals surface area (Å²) in [6.45, 7) is 6.90. The Bertz CT molecular complexity index is 2330. The Labute approximate surface area is 316 Å². The van der Waals surface area contributed by atoms with E-state index >= 15 is 0 Å². The quantitative estimate of drug-likeness (QED) is 0.206. The van der Waals surface area contributed by atoms with E-state index in [9.17, 15) is 19.5 Å². The number of nitrogens with one attached hydrogen (secondary N) is 1. The van der Waals surface area contributed by atoms with Gasteiger partial charge in [-0.05, 0) is 81.9 Å². The number of aryl methyl sites for hydroxylation is 2. The molecule has 1 fully saturated rings. The number of fused-ring (bicyclic) bond motifs is 3. The molecule has 53 heavy (non-hydrogen) atoms. The molecule has 1 spiro atoms. The predicted molar refractivity (Wildman–Crippen MR) is 203 cm³/mol. The van der Waals surface area contributed by atoms with E-state index < -0.39 is 5.41 Å². The van der Waals surface area contributed by atoms with E-state index in [0.717, 1.165) is 23.2 Å². The molecule has 2 aliphatic rings. The van der Waals surface area contributed by atoms with Crippen molar-refractivity contribution in [2.75, 3.05) is 32.5 Å². The van der Waals surface area contributed by atoms with Crippen molar-refractivity contribution in [3.63, 3.8) is 0 Å². The molecule has 5 aromatic rings. The number of piperidine rings is 1. The van der Waals surface area contributed by atoms with Gasteiger partial charge in [0.25, 0.3) is 11.5 Å². The van der Waals surface area contributed by atoms with E-state index in [1.807, 2.05) is 50.2 Å². The molecule has 2 N–H and O–H groups in total. The largest absolute Gasteiger partial charge is 0.504 e. The second-order valence-electron chi connectivity index (χ2n) is 14.4. The van der Waals surface area contributed by atoms with E-state index in [1.54, 1.807) is 28.5 Å². The van der Waals surface area contributed by atoms with Gasteiger partial charge in [0.1, 0.15) is 12.9 Å². The first-order valence-corrected chi connectivity index (χ1v) is 18.4. The van der Waals surface area contributed by atoms with Gasteiger partial charge in [-0.1, -0.05) is 55.2 Å². The van der Waals surface area contributed by atoms with Crippen LogP contribution in [0, 0.1) is 6.92 Å². The lowest BCUT2D eigenvalue weighted by Crippen LogP contribution is -2.46. The molecule has 276 valence electrons. The van der Waals surface area contributed by atoms with Crippen LogP contribution in [0.1, 0.15) is 77.6 Å². The van der Waals surface area contributed by atoms with Crippen molar-refractivity contribution in [1.82, 2.24) is 38.9 Å². The van der Waals surface area contributed by atoms with Crippen LogP contribution < -0.4 is 10.9 Å². The van der Waals surface area contributed by atoms with Crippen molar-refractivity contribution in [3.05, 3.63) is 96.9 Å². The second kappa shape index (κ2) is 14.2. The SMILES string of the molecule is CCc1ccc(NC(=O)Cn2c3c(c(=O)n4nc(-c5ccc(CN(C)C)c(Cl)c5)nc24)C2(CCN(C(=O)c4ncnc(C)c4O)CC2)CC3C)c(Cl)c1. The Morgan fingerprint density at radius 2 is 1.83 bits per heavy atom. The third kappa shape index (κ3) is 6.66. The van der Waals surface area contributed by atoms with E-state index in [2.05, 4.69) is 22.2 Å². The maximum atomic E-state index is 14.6. The molecular formula is C38H41Cl2N9O4. The highest BCUT2D eigenvalue weighted by Gasteiger charge is 2.49. The molecule has 2 aromatic carbocycles. The van der Waals surface area contributed by atoms with Crippen LogP contribution in [0.4, 0.5) is 5.69 Å². The highest BCUT2D eigenvalue weighted by atomic mass is 35.5. The zero-order chi connectivity index (χ0) is 37.8. The summed E-state index contributed by atoms with van der Waals surface area (Å²) in [5.74, 6) is -0.527. The molecule has 15 heteroatoms. The van der Waals surface area contributed by atoms with Gasteiger partial charge in [0.05, 0.1) is 16.4 Å². The summed E-state index contributed by atoms with van der Waals surface area (Å²) in [5, 5.41) is 19.2. The third-order valence-corrected chi connectivity index (χ3v) is 11.2. The van der Waals surface area contributed by atoms with Crippen LogP contribution in [-0.2, 0) is 29.7 Å². The Hall–Kier alpha value is -4.85. The number of amides is 2. The van der Waals surface area contributed by atoms with Gasteiger partial charge in [-0.3, -0.25) is 14.4 Å². The standard InChI is InChI=1S/C38H41Cl2N9O4/c1-6-23-7-10-28(27(40)15-23)43-29(50)19-48-32-21(2)17-38(11-13-47(14-12-38)36(53)31-33(51)22(3)41-20-42-31)30(32)35(52)49-37(48)44-34(45-49)24-8-9-25(18-46(4)5)26(39)16-24/h7-10,15-16,20-21,51H,6,11-14,17-19H2,1-5H3,(H,43,50). The molecule has 13 nitrogen and oxygen atoms in total. The molecule has 2 amide bonds. The molecule has 1 unspecified atom stereocenters. The first-order valence-electron chi connectivity index (χ1n) is 17.7. The molecule has 4 heterocycles. The van der Waals surface area contributed by atoms with Gasteiger partial charge in [-0.25, -0.2) is 9.97 Å². The molecule has 1 aliphatic heterocycles. The van der Waals surface area contributed by atoms with Gasteiger partial charge in [-0.15, -0.1) is 5.10 Å². The summed E-state index contributed by atoms with van der Waals surface area (Å²) in [6, 6.07) is 11.1. The molecule has 1 aliphatic carbocycles. The smallest absolute Gasteiger partial charge is 0.279 e. The molecular weight excluding hydrogens is 717 g/mol. The lowest BCUT2D eigenvalue weighted by Gasteiger charge is -2.39. The number of halogens is 2. The van der Waals surface area contributed by atoms with E-state index in [-0.39, 0.29) is 47.1 Å². The minimum absolute atomic E-state index is 0.0434. The summed E-state index contributed by atoms with van der Waals surface area (Å²) in [7, 11) is 3.93. The van der Waals surface area contributed by atoms with Gasteiger partial charge < -0.3 is 24.8 Å². The molecule has 7 rings (SSSR count). The minimum Gasteiger partial charge on any atom is -0.504 e. The van der Waals surface area contributed by atoms with Gasteiger partial charge in [0, 0.05) is 46.9 Å². The minimum atomic E-state index is -0.582. The van der Waals surface area contributed by atoms with Gasteiger partial charge in [0.15, 0.2) is 17.3 Å². The van der Waals surface area contributed by atoms with Crippen molar-refractivity contribution < 1.29 is 14.7 Å². The third-order valence-electron chi connectivity index (χ3n) is 10.5. The second-order valence-corrected chi connectivity index (χ2v) is 15.2. The van der Waals surface area contributed by atoms with Crippen molar-refractivity contribution in [2.24, 2.45) is 0 Å². The maximum absolute atomic E-state index is 14.6. The van der Waals surface area contributed by atoms with Crippen LogP contribution >= 0.6 is 23.2 Å². The average molecular weight is 759 g/mol. The van der Waals surface area contributed by atoms with Crippen LogP contribution in [0.3, 0.4) is 0 Å². The highest BCUT2D eigenvalue weighted by Crippen LogP contribution is 2.50. The first kappa shape index (κ1) is 36.5. The summed E-state index contributed by atoms with van der Waals surface area (Å²) in [5.41, 5.74) is 3.83. The lowest BCUT2D eigenvalue weighted by atomic mass is 9.73. The normalized spacial score (nSPS) is 16.5. The number of carbonyl (C=O) groups is 2. The molecule has 1 atom stereocenters. The van der Waals surface area contributed by atoms with Crippen LogP contribution in [0.2, 0.25) is 10.0 Å². The summed E-state index contributed by atoms with van der Waals surface area (Å²) in [6.07, 6.45) is 3.71. The Morgan fingerprint density at radius 1 is 1.08 bits per heavy atom. The van der Waals surface area contributed by atoms with Crippen molar-refractivity contribution in [1.29, 1.82) is 0 Å². The number of aromatic hydroxyl groups is 1. The summed E-state index contributed by atoms with van der Waals surface area (Å²) < 4.78 is 3.10. The fourth-order valence-electron chi connectivity index (χ4n) is 7.88. The lowest BCUT2D eigenvalue weighted by molar-refractivity contribution is -0.116. The summed E-state index contributed by atoms with van der Waals surface area (Å²) in [4.78, 5) is 58.5. The summed E-state index contributed by atoms with van der Waals surface area (Å²) >= 11 is 13.2. The van der Waals surface area contributed by atoms with Gasteiger partial charge in [0.2, 0.25) is 11.7 Å². The number of benzene rings is 2. The number of rotatable bonds is 8. The number of carbonyl (C=O) groups excluding carboxylic acids is 2. The molecule has 0 bridgehead atoms. The van der Waals surface area contributed by atoms with E-state index in [0.29, 0.717) is 77.3 Å². The van der Waals surface area contributed by atoms with Crippen LogP contribution in [0.5, 0.6) is 5.75 Å². The van der Waals surface area contributed by atoms with Crippen LogP contribution in [-0.4, -0.2) is 83.0 Å². The number of aromatic nitrogens is 6. The monoisotopic (exact) mass is 757 g/mol. The molecule has 1 saturated heterocycles. The number of likely N-dealkylation sites (tertiary alicyclic amines) is 1. The zero-order valence-corrected chi connectivity index (χ0v) is 31.8. The van der Waals surface area contributed by atoms with E-state index in [4.69, 9.17) is 33.3 Å². The van der Waals surface area contributed by atoms with Crippen molar-refractivity contribution in [3.8, 4) is 17.1 Å². The van der Waals surface area contributed by atoms with Crippen LogP contribution in [0.25, 0.3) is 17.2 Å². The molecule has 3 aromatic heterocycles. The molecule has 0 saturated carbocycles. The maximum Gasteiger partial charge on any atom is 0.279 e. The number of hydrogen-bond donors (Lipinski definition) is 2. The average Bonchev–Trinajstić information content (AvgIpc) is 3.69. The Kier molecular flexibility index (Phi) is 9.77. The number of hydrogen-bond acceptors (Lipinski definition) is 9. The van der Waals surface area contributed by atoms with Gasteiger partial charge >= 0.3 is 0 Å². The first-order chi connectivity index (χ1) is 25.3. The fourth-order valence-corrected chi connectivity index (χ4v) is 8.37. The van der Waals surface area contributed by atoms with E-state index in [1.165, 1.54) is 10.8 Å². The fraction of sp³-hybridized carbons (Fsp3) is 0.395. The Morgan fingerprint density at radius 3 is 2.51 bits per heavy atom. The van der Waals surface area contributed by atoms with Crippen molar-refractivity contribution in [2.45, 2.75) is 70.9 Å². The predicted octanol–water partition coefficient (Wildman–Crippen LogP) is 5.61. The number of anilines is 1. The zero-order valence-electron chi connectivity index (χ0n) is 30.3. The van der Waals surface area contributed by atoms with Gasteiger partial charge in [-0.2, -0.15) is 9.50 Å².